The fourth-order valence-corrected chi connectivity index (χ4v) is 2.62. The van der Waals surface area contributed by atoms with Crippen LogP contribution < -0.4 is 5.32 Å². The molecule has 1 aliphatic heterocycles. The number of hydrogen-bond donors (Lipinski definition) is 1. The second-order valence-corrected chi connectivity index (χ2v) is 5.67. The van der Waals surface area contributed by atoms with Crippen molar-refractivity contribution in [3.05, 3.63) is 35.6 Å². The van der Waals surface area contributed by atoms with Crippen LogP contribution in [-0.4, -0.2) is 41.3 Å². The maximum atomic E-state index is 13.1. The molecule has 6 heteroatoms. The van der Waals surface area contributed by atoms with E-state index in [1.165, 1.54) is 23.9 Å². The molecule has 1 heterocycles. The standard InChI is InChI=1S/C14H17FN2O2S/c1-20-9-13(18)16-12-6-14(19)17(8-12)7-10-3-2-4-11(15)5-10/h2-5,12H,6-9H2,1H3,(H,16,18)/t12-/m1/s1. The topological polar surface area (TPSA) is 49.4 Å². The fraction of sp³-hybridized carbons (Fsp3) is 0.429. The smallest absolute Gasteiger partial charge is 0.230 e. The molecular formula is C14H17FN2O2S. The van der Waals surface area contributed by atoms with E-state index in [1.54, 1.807) is 17.0 Å². The van der Waals surface area contributed by atoms with Gasteiger partial charge in [0.25, 0.3) is 0 Å². The molecule has 1 aliphatic rings. The van der Waals surface area contributed by atoms with Crippen molar-refractivity contribution in [2.45, 2.75) is 19.0 Å². The summed E-state index contributed by atoms with van der Waals surface area (Å²) in [6.07, 6.45) is 2.17. The minimum absolute atomic E-state index is 0.0105. The zero-order chi connectivity index (χ0) is 14.5. The van der Waals surface area contributed by atoms with E-state index in [-0.39, 0.29) is 23.7 Å². The number of halogens is 1. The number of nitrogens with one attached hydrogen (secondary N) is 1. The van der Waals surface area contributed by atoms with Crippen LogP contribution in [0.2, 0.25) is 0 Å². The molecular weight excluding hydrogens is 279 g/mol. The maximum Gasteiger partial charge on any atom is 0.230 e. The lowest BCUT2D eigenvalue weighted by atomic mass is 10.2. The van der Waals surface area contributed by atoms with E-state index in [0.717, 1.165) is 5.56 Å². The molecule has 0 radical (unpaired) electrons. The molecule has 0 aliphatic carbocycles. The van der Waals surface area contributed by atoms with Crippen LogP contribution in [-0.2, 0) is 16.1 Å². The highest BCUT2D eigenvalue weighted by molar-refractivity contribution is 7.99. The molecule has 0 bridgehead atoms. The third kappa shape index (κ3) is 3.96. The van der Waals surface area contributed by atoms with Crippen LogP contribution in [0.15, 0.2) is 24.3 Å². The number of likely N-dealkylation sites (tertiary alicyclic amines) is 1. The van der Waals surface area contributed by atoms with Crippen LogP contribution in [0.5, 0.6) is 0 Å². The summed E-state index contributed by atoms with van der Waals surface area (Å²) in [4.78, 5) is 25.0. The monoisotopic (exact) mass is 296 g/mol. The van der Waals surface area contributed by atoms with Gasteiger partial charge < -0.3 is 10.2 Å². The summed E-state index contributed by atoms with van der Waals surface area (Å²) in [5.41, 5.74) is 0.759. The average molecular weight is 296 g/mol. The number of carbonyl (C=O) groups excluding carboxylic acids is 2. The Labute approximate surface area is 121 Å². The lowest BCUT2D eigenvalue weighted by Gasteiger charge is -2.17. The van der Waals surface area contributed by atoms with E-state index in [9.17, 15) is 14.0 Å². The summed E-state index contributed by atoms with van der Waals surface area (Å²) in [5, 5.41) is 2.84. The van der Waals surface area contributed by atoms with Gasteiger partial charge in [-0.3, -0.25) is 9.59 Å². The minimum Gasteiger partial charge on any atom is -0.350 e. The predicted molar refractivity (Wildman–Crippen MR) is 76.7 cm³/mol. The molecule has 1 aromatic carbocycles. The van der Waals surface area contributed by atoms with Crippen molar-refractivity contribution in [1.82, 2.24) is 10.2 Å². The number of rotatable bonds is 5. The first-order valence-corrected chi connectivity index (χ1v) is 7.78. The van der Waals surface area contributed by atoms with Crippen LogP contribution in [0.4, 0.5) is 4.39 Å². The lowest BCUT2D eigenvalue weighted by Crippen LogP contribution is -2.37. The molecule has 0 unspecified atom stereocenters. The third-order valence-corrected chi connectivity index (χ3v) is 3.67. The Bertz CT molecular complexity index is 510. The van der Waals surface area contributed by atoms with Gasteiger partial charge in [-0.1, -0.05) is 12.1 Å². The number of carbonyl (C=O) groups is 2. The molecule has 1 N–H and O–H groups in total. The fourth-order valence-electron chi connectivity index (χ4n) is 2.28. The van der Waals surface area contributed by atoms with Gasteiger partial charge in [0.2, 0.25) is 11.8 Å². The van der Waals surface area contributed by atoms with Crippen molar-refractivity contribution in [2.75, 3.05) is 18.6 Å². The molecule has 1 fully saturated rings. The van der Waals surface area contributed by atoms with Crippen molar-refractivity contribution >= 4 is 23.6 Å². The average Bonchev–Trinajstić information content (AvgIpc) is 2.69. The molecule has 0 saturated carbocycles. The molecule has 108 valence electrons. The van der Waals surface area contributed by atoms with E-state index in [0.29, 0.717) is 25.3 Å². The summed E-state index contributed by atoms with van der Waals surface area (Å²) in [5.74, 6) is 0.0276. The number of nitrogens with zero attached hydrogens (tertiary/aromatic N) is 1. The highest BCUT2D eigenvalue weighted by Crippen LogP contribution is 2.16. The van der Waals surface area contributed by atoms with Crippen molar-refractivity contribution in [3.8, 4) is 0 Å². The van der Waals surface area contributed by atoms with Gasteiger partial charge in [-0.05, 0) is 24.0 Å². The Kier molecular flexibility index (Phi) is 5.00. The van der Waals surface area contributed by atoms with Crippen molar-refractivity contribution in [2.24, 2.45) is 0 Å². The van der Waals surface area contributed by atoms with Crippen LogP contribution in [0.3, 0.4) is 0 Å². The molecule has 1 atom stereocenters. The molecule has 4 nitrogen and oxygen atoms in total. The number of thioether (sulfide) groups is 1. The van der Waals surface area contributed by atoms with Gasteiger partial charge in [0.1, 0.15) is 5.82 Å². The van der Waals surface area contributed by atoms with Crippen molar-refractivity contribution < 1.29 is 14.0 Å². The molecule has 0 aromatic heterocycles. The second-order valence-electron chi connectivity index (χ2n) is 4.81. The van der Waals surface area contributed by atoms with Crippen LogP contribution in [0.25, 0.3) is 0 Å². The van der Waals surface area contributed by atoms with Gasteiger partial charge in [-0.15, -0.1) is 0 Å². The highest BCUT2D eigenvalue weighted by Gasteiger charge is 2.30. The SMILES string of the molecule is CSCC(=O)N[C@@H]1CC(=O)N(Cc2cccc(F)c2)C1. The van der Waals surface area contributed by atoms with Crippen LogP contribution >= 0.6 is 11.8 Å². The van der Waals surface area contributed by atoms with E-state index in [2.05, 4.69) is 5.32 Å². The molecule has 1 aromatic rings. The first-order valence-electron chi connectivity index (χ1n) is 6.39. The largest absolute Gasteiger partial charge is 0.350 e. The third-order valence-electron chi connectivity index (χ3n) is 3.12. The van der Waals surface area contributed by atoms with Gasteiger partial charge in [-0.25, -0.2) is 4.39 Å². The first-order chi connectivity index (χ1) is 9.58. The Morgan fingerprint density at radius 1 is 1.55 bits per heavy atom. The number of benzene rings is 1. The summed E-state index contributed by atoms with van der Waals surface area (Å²) in [6.45, 7) is 0.862. The van der Waals surface area contributed by atoms with Crippen LogP contribution in [0.1, 0.15) is 12.0 Å². The molecule has 0 spiro atoms. The lowest BCUT2D eigenvalue weighted by molar-refractivity contribution is -0.128. The Hall–Kier alpha value is -1.56. The summed E-state index contributed by atoms with van der Waals surface area (Å²) >= 11 is 1.45. The number of amides is 2. The first kappa shape index (κ1) is 14.8. The minimum atomic E-state index is -0.307. The Morgan fingerprint density at radius 2 is 2.35 bits per heavy atom. The van der Waals surface area contributed by atoms with Gasteiger partial charge in [0.05, 0.1) is 11.8 Å². The second kappa shape index (κ2) is 6.74. The van der Waals surface area contributed by atoms with Gasteiger partial charge in [0.15, 0.2) is 0 Å². The molecule has 1 saturated heterocycles. The maximum absolute atomic E-state index is 13.1. The quantitative estimate of drug-likeness (QED) is 0.893. The summed E-state index contributed by atoms with van der Waals surface area (Å²) in [7, 11) is 0. The van der Waals surface area contributed by atoms with Gasteiger partial charge >= 0.3 is 0 Å². The summed E-state index contributed by atoms with van der Waals surface area (Å²) in [6, 6.07) is 6.07. The number of hydrogen-bond acceptors (Lipinski definition) is 3. The molecule has 2 amide bonds. The van der Waals surface area contributed by atoms with Gasteiger partial charge in [0, 0.05) is 19.5 Å². The van der Waals surface area contributed by atoms with E-state index in [1.807, 2.05) is 6.26 Å². The highest BCUT2D eigenvalue weighted by atomic mass is 32.2. The Balaban J connectivity index is 1.91. The molecule has 20 heavy (non-hydrogen) atoms. The van der Waals surface area contributed by atoms with E-state index in [4.69, 9.17) is 0 Å². The zero-order valence-electron chi connectivity index (χ0n) is 11.3. The van der Waals surface area contributed by atoms with E-state index >= 15 is 0 Å². The van der Waals surface area contributed by atoms with Gasteiger partial charge in [-0.2, -0.15) is 11.8 Å². The van der Waals surface area contributed by atoms with Crippen LogP contribution in [0, 0.1) is 5.82 Å². The zero-order valence-corrected chi connectivity index (χ0v) is 12.1. The van der Waals surface area contributed by atoms with E-state index < -0.39 is 0 Å². The normalized spacial score (nSPS) is 18.4. The Morgan fingerprint density at radius 3 is 3.05 bits per heavy atom. The van der Waals surface area contributed by atoms with Crippen molar-refractivity contribution in [1.29, 1.82) is 0 Å². The molecule has 2 rings (SSSR count). The predicted octanol–water partition coefficient (Wildman–Crippen LogP) is 1.41. The summed E-state index contributed by atoms with van der Waals surface area (Å²) < 4.78 is 13.1. The van der Waals surface area contributed by atoms with Crippen molar-refractivity contribution in [3.63, 3.8) is 0 Å².